The van der Waals surface area contributed by atoms with Gasteiger partial charge in [-0.1, -0.05) is 253 Å². The molecule has 0 aromatic rings. The molecule has 1 atom stereocenters. The summed E-state index contributed by atoms with van der Waals surface area (Å²) in [6.07, 6.45) is 75.4. The number of aliphatic hydroxyl groups is 1. The number of carbonyl (C=O) groups excluding carboxylic acids is 1. The van der Waals surface area contributed by atoms with Crippen LogP contribution in [0.2, 0.25) is 0 Å². The monoisotopic (exact) mass is 849 g/mol. The molecular formula is C57H100O4. The zero-order valence-electron chi connectivity index (χ0n) is 40.4. The molecule has 0 rings (SSSR count). The van der Waals surface area contributed by atoms with Crippen molar-refractivity contribution in [2.24, 2.45) is 0 Å². The topological polar surface area (TPSA) is 55.8 Å². The van der Waals surface area contributed by atoms with E-state index in [4.69, 9.17) is 9.47 Å². The molecule has 0 aliphatic heterocycles. The third-order valence-corrected chi connectivity index (χ3v) is 11.2. The first-order valence-corrected chi connectivity index (χ1v) is 26.2. The third kappa shape index (κ3) is 51.8. The number of aliphatic hydroxyl groups excluding tert-OH is 1. The number of allylic oxidation sites excluding steroid dienone is 14. The first-order valence-electron chi connectivity index (χ1n) is 26.2. The Kier molecular flexibility index (Phi) is 51.6. The molecule has 0 radical (unpaired) electrons. The first-order chi connectivity index (χ1) is 30.2. The molecule has 0 heterocycles. The van der Waals surface area contributed by atoms with Gasteiger partial charge in [0, 0.05) is 13.0 Å². The van der Waals surface area contributed by atoms with Crippen LogP contribution in [0.5, 0.6) is 0 Å². The molecular weight excluding hydrogens is 749 g/mol. The van der Waals surface area contributed by atoms with Crippen LogP contribution in [0.15, 0.2) is 85.1 Å². The molecule has 0 spiro atoms. The molecule has 0 bridgehead atoms. The van der Waals surface area contributed by atoms with E-state index in [1.807, 2.05) is 0 Å². The van der Waals surface area contributed by atoms with Gasteiger partial charge in [0.1, 0.15) is 6.10 Å². The Morgan fingerprint density at radius 3 is 1.11 bits per heavy atom. The second kappa shape index (κ2) is 53.7. The molecule has 4 heteroatoms. The average molecular weight is 849 g/mol. The number of unbranched alkanes of at least 4 members (excludes halogenated alkanes) is 26. The molecule has 1 unspecified atom stereocenters. The van der Waals surface area contributed by atoms with Crippen molar-refractivity contribution in [1.29, 1.82) is 0 Å². The Labute approximate surface area is 380 Å². The third-order valence-electron chi connectivity index (χ3n) is 11.2. The van der Waals surface area contributed by atoms with Crippen molar-refractivity contribution in [3.63, 3.8) is 0 Å². The zero-order valence-corrected chi connectivity index (χ0v) is 40.4. The summed E-state index contributed by atoms with van der Waals surface area (Å²) in [5.41, 5.74) is 0. The number of esters is 1. The van der Waals surface area contributed by atoms with E-state index >= 15 is 0 Å². The maximum Gasteiger partial charge on any atom is 0.306 e. The molecule has 0 saturated heterocycles. The van der Waals surface area contributed by atoms with Crippen LogP contribution < -0.4 is 0 Å². The van der Waals surface area contributed by atoms with Crippen molar-refractivity contribution in [2.75, 3.05) is 19.8 Å². The molecule has 61 heavy (non-hydrogen) atoms. The van der Waals surface area contributed by atoms with E-state index in [9.17, 15) is 9.90 Å². The number of carbonyl (C=O) groups is 1. The zero-order chi connectivity index (χ0) is 44.0. The van der Waals surface area contributed by atoms with Gasteiger partial charge in [-0.3, -0.25) is 4.79 Å². The summed E-state index contributed by atoms with van der Waals surface area (Å²) in [7, 11) is 0. The van der Waals surface area contributed by atoms with Crippen LogP contribution in [-0.2, 0) is 14.3 Å². The molecule has 0 aliphatic carbocycles. The summed E-state index contributed by atoms with van der Waals surface area (Å²) in [4.78, 5) is 12.3. The minimum absolute atomic E-state index is 0.184. The molecule has 4 nitrogen and oxygen atoms in total. The normalized spacial score (nSPS) is 13.0. The van der Waals surface area contributed by atoms with Crippen LogP contribution in [0.4, 0.5) is 0 Å². The lowest BCUT2D eigenvalue weighted by atomic mass is 10.0. The Morgan fingerprint density at radius 2 is 0.738 bits per heavy atom. The highest BCUT2D eigenvalue weighted by Crippen LogP contribution is 2.16. The van der Waals surface area contributed by atoms with E-state index in [0.29, 0.717) is 13.0 Å². The van der Waals surface area contributed by atoms with Gasteiger partial charge in [0.15, 0.2) is 0 Å². The Bertz CT molecular complexity index is 1080. The van der Waals surface area contributed by atoms with Gasteiger partial charge in [-0.2, -0.15) is 0 Å². The van der Waals surface area contributed by atoms with Crippen molar-refractivity contribution >= 4 is 5.97 Å². The summed E-state index contributed by atoms with van der Waals surface area (Å²) in [6.45, 7) is 5.20. The van der Waals surface area contributed by atoms with Crippen LogP contribution in [0.3, 0.4) is 0 Å². The molecule has 352 valence electrons. The van der Waals surface area contributed by atoms with E-state index in [0.717, 1.165) is 77.0 Å². The Hall–Kier alpha value is -2.43. The number of hydrogen-bond donors (Lipinski definition) is 1. The predicted octanol–water partition coefficient (Wildman–Crippen LogP) is 17.9. The standard InChI is InChI=1S/C57H100O4/c1-3-5-7-9-11-13-15-17-19-21-23-25-27-28-29-31-33-35-37-39-41-43-45-47-49-51-53-60-55-56(54-58)61-57(59)52-50-48-46-44-42-40-38-36-34-32-30-26-24-22-20-18-16-14-12-10-8-6-4-2/h5,7,11,13,17,19,23,25,28-29,33,35,39,41,56,58H,3-4,6,8-10,12,14-16,18,20-22,24,26-27,30-32,34,36-38,40,42-55H2,1-2H3/b7-5-,13-11-,19-17-,25-23-,29-28-,35-33-,41-39-. The number of hydrogen-bond acceptors (Lipinski definition) is 4. The fourth-order valence-electron chi connectivity index (χ4n) is 7.37. The molecule has 0 aromatic carbocycles. The average Bonchev–Trinajstić information content (AvgIpc) is 3.27. The summed E-state index contributed by atoms with van der Waals surface area (Å²) in [6, 6.07) is 0. The summed E-state index contributed by atoms with van der Waals surface area (Å²) < 4.78 is 11.2. The van der Waals surface area contributed by atoms with Gasteiger partial charge in [-0.05, 0) is 70.6 Å². The highest BCUT2D eigenvalue weighted by Gasteiger charge is 2.13. The largest absolute Gasteiger partial charge is 0.457 e. The fourth-order valence-corrected chi connectivity index (χ4v) is 7.37. The van der Waals surface area contributed by atoms with E-state index in [1.165, 1.54) is 148 Å². The minimum Gasteiger partial charge on any atom is -0.457 e. The lowest BCUT2D eigenvalue weighted by Gasteiger charge is -2.15. The Balaban J connectivity index is 3.49. The van der Waals surface area contributed by atoms with Gasteiger partial charge in [-0.15, -0.1) is 0 Å². The quantitative estimate of drug-likeness (QED) is 0.0376. The molecule has 0 amide bonds. The van der Waals surface area contributed by atoms with Crippen molar-refractivity contribution in [2.45, 2.75) is 251 Å². The smallest absolute Gasteiger partial charge is 0.306 e. The van der Waals surface area contributed by atoms with E-state index in [1.54, 1.807) is 0 Å². The number of ether oxygens (including phenoxy) is 2. The highest BCUT2D eigenvalue weighted by molar-refractivity contribution is 5.69. The van der Waals surface area contributed by atoms with Crippen molar-refractivity contribution in [1.82, 2.24) is 0 Å². The van der Waals surface area contributed by atoms with Gasteiger partial charge >= 0.3 is 5.97 Å². The molecule has 0 aliphatic rings. The van der Waals surface area contributed by atoms with Crippen molar-refractivity contribution in [3.8, 4) is 0 Å². The maximum absolute atomic E-state index is 12.3. The first kappa shape index (κ1) is 58.6. The molecule has 0 aromatic heterocycles. The van der Waals surface area contributed by atoms with Crippen LogP contribution in [0, 0.1) is 0 Å². The second-order valence-electron chi connectivity index (χ2n) is 17.2. The predicted molar refractivity (Wildman–Crippen MR) is 269 cm³/mol. The Morgan fingerprint density at radius 1 is 0.410 bits per heavy atom. The second-order valence-corrected chi connectivity index (χ2v) is 17.2. The van der Waals surface area contributed by atoms with Crippen LogP contribution in [0.25, 0.3) is 0 Å². The van der Waals surface area contributed by atoms with E-state index in [-0.39, 0.29) is 19.2 Å². The van der Waals surface area contributed by atoms with E-state index in [2.05, 4.69) is 98.9 Å². The summed E-state index contributed by atoms with van der Waals surface area (Å²) in [5, 5.41) is 9.66. The fraction of sp³-hybridized carbons (Fsp3) is 0.737. The highest BCUT2D eigenvalue weighted by atomic mass is 16.6. The van der Waals surface area contributed by atoms with Crippen molar-refractivity contribution < 1.29 is 19.4 Å². The van der Waals surface area contributed by atoms with Gasteiger partial charge in [0.25, 0.3) is 0 Å². The summed E-state index contributed by atoms with van der Waals surface area (Å²) in [5.74, 6) is -0.208. The lowest BCUT2D eigenvalue weighted by Crippen LogP contribution is -2.27. The van der Waals surface area contributed by atoms with Gasteiger partial charge in [0.2, 0.25) is 0 Å². The molecule has 1 N–H and O–H groups in total. The SMILES string of the molecule is CC/C=C\C/C=C\C/C=C\C/C=C\C/C=C\C/C=C\C/C=C\CCCCCCOCC(CO)OC(=O)CCCCCCCCCCCCCCCCCCCCCCCCC. The van der Waals surface area contributed by atoms with Crippen LogP contribution >= 0.6 is 0 Å². The number of rotatable bonds is 48. The van der Waals surface area contributed by atoms with Crippen LogP contribution in [0.1, 0.15) is 245 Å². The van der Waals surface area contributed by atoms with Gasteiger partial charge < -0.3 is 14.6 Å². The van der Waals surface area contributed by atoms with Crippen molar-refractivity contribution in [3.05, 3.63) is 85.1 Å². The minimum atomic E-state index is -0.552. The van der Waals surface area contributed by atoms with E-state index < -0.39 is 6.10 Å². The summed E-state index contributed by atoms with van der Waals surface area (Å²) >= 11 is 0. The molecule has 0 saturated carbocycles. The van der Waals surface area contributed by atoms with Crippen LogP contribution in [-0.4, -0.2) is 37.0 Å². The maximum atomic E-state index is 12.3. The molecule has 0 fully saturated rings. The van der Waals surface area contributed by atoms with Gasteiger partial charge in [0.05, 0.1) is 13.2 Å². The lowest BCUT2D eigenvalue weighted by molar-refractivity contribution is -0.154. The van der Waals surface area contributed by atoms with Gasteiger partial charge in [-0.25, -0.2) is 0 Å².